The highest BCUT2D eigenvalue weighted by molar-refractivity contribution is 7.81. The van der Waals surface area contributed by atoms with Crippen LogP contribution in [0.5, 0.6) is 0 Å². The minimum atomic E-state index is -1.36. The Kier molecular flexibility index (Phi) is 6.41. The SMILES string of the molecule is CC(C)(C)OC(=O)NC(S)C1(O)CCN(C(=O)OCc2ccccc2)C1. The number of likely N-dealkylation sites (tertiary alicyclic amines) is 1. The van der Waals surface area contributed by atoms with Gasteiger partial charge in [-0.05, 0) is 32.8 Å². The second-order valence-electron chi connectivity index (χ2n) is 7.36. The molecule has 8 heteroatoms. The van der Waals surface area contributed by atoms with Gasteiger partial charge in [0, 0.05) is 6.54 Å². The van der Waals surface area contributed by atoms with Crippen molar-refractivity contribution in [3.8, 4) is 0 Å². The van der Waals surface area contributed by atoms with Gasteiger partial charge in [-0.3, -0.25) is 0 Å². The predicted octanol–water partition coefficient (Wildman–Crippen LogP) is 2.54. The van der Waals surface area contributed by atoms with Crippen molar-refractivity contribution in [1.82, 2.24) is 10.2 Å². The van der Waals surface area contributed by atoms with Gasteiger partial charge in [0.05, 0.1) is 6.54 Å². The second-order valence-corrected chi connectivity index (χ2v) is 7.88. The Bertz CT molecular complexity index is 634. The quantitative estimate of drug-likeness (QED) is 0.550. The molecule has 2 rings (SSSR count). The number of benzene rings is 1. The summed E-state index contributed by atoms with van der Waals surface area (Å²) in [7, 11) is 0. The zero-order chi connectivity index (χ0) is 19.4. The van der Waals surface area contributed by atoms with Crippen molar-refractivity contribution in [3.05, 3.63) is 35.9 Å². The minimum absolute atomic E-state index is 0.0184. The number of hydrogen-bond donors (Lipinski definition) is 3. The van der Waals surface area contributed by atoms with Crippen molar-refractivity contribution >= 4 is 24.8 Å². The molecule has 0 radical (unpaired) electrons. The summed E-state index contributed by atoms with van der Waals surface area (Å²) in [6, 6.07) is 9.35. The topological polar surface area (TPSA) is 88.1 Å². The van der Waals surface area contributed by atoms with Crippen LogP contribution in [0.25, 0.3) is 0 Å². The Morgan fingerprint density at radius 1 is 1.35 bits per heavy atom. The van der Waals surface area contributed by atoms with E-state index in [1.807, 2.05) is 30.3 Å². The average Bonchev–Trinajstić information content (AvgIpc) is 2.95. The summed E-state index contributed by atoms with van der Waals surface area (Å²) in [5.41, 5.74) is -1.12. The van der Waals surface area contributed by atoms with Crippen LogP contribution in [0.3, 0.4) is 0 Å². The fourth-order valence-corrected chi connectivity index (χ4v) is 2.88. The van der Waals surface area contributed by atoms with Crippen molar-refractivity contribution < 1.29 is 24.2 Å². The van der Waals surface area contributed by atoms with E-state index in [1.165, 1.54) is 4.90 Å². The molecule has 1 fully saturated rings. The molecule has 0 spiro atoms. The number of thiol groups is 1. The summed E-state index contributed by atoms with van der Waals surface area (Å²) < 4.78 is 10.4. The van der Waals surface area contributed by atoms with Crippen LogP contribution < -0.4 is 5.32 Å². The third-order valence-corrected chi connectivity index (χ3v) is 4.51. The van der Waals surface area contributed by atoms with Gasteiger partial charge in [-0.25, -0.2) is 9.59 Å². The summed E-state index contributed by atoms with van der Waals surface area (Å²) in [5, 5.41) is 12.4. The number of nitrogens with one attached hydrogen (secondary N) is 1. The van der Waals surface area contributed by atoms with Crippen molar-refractivity contribution in [1.29, 1.82) is 0 Å². The lowest BCUT2D eigenvalue weighted by Crippen LogP contribution is -2.52. The molecular weight excluding hydrogens is 356 g/mol. The lowest BCUT2D eigenvalue weighted by Gasteiger charge is -2.30. The maximum Gasteiger partial charge on any atom is 0.410 e. The third-order valence-electron chi connectivity index (χ3n) is 3.91. The van der Waals surface area contributed by atoms with Crippen molar-refractivity contribution in [2.45, 2.75) is 50.4 Å². The molecule has 1 aromatic rings. The standard InChI is InChI=1S/C18H26N2O5S/c1-17(2,3)25-15(21)19-14(26)18(23)9-10-20(12-18)16(22)24-11-13-7-5-4-6-8-13/h4-8,14,23,26H,9-12H2,1-3H3,(H,19,21). The normalized spacial score (nSPS) is 21.2. The van der Waals surface area contributed by atoms with Crippen LogP contribution in [-0.2, 0) is 16.1 Å². The molecule has 7 nitrogen and oxygen atoms in total. The summed E-state index contributed by atoms with van der Waals surface area (Å²) in [6.07, 6.45) is -0.907. The molecule has 2 N–H and O–H groups in total. The lowest BCUT2D eigenvalue weighted by atomic mass is 10.0. The number of carbonyl (C=O) groups is 2. The van der Waals surface area contributed by atoms with E-state index in [4.69, 9.17) is 9.47 Å². The van der Waals surface area contributed by atoms with Crippen LogP contribution in [0, 0.1) is 0 Å². The first kappa shape index (κ1) is 20.4. The molecular formula is C18H26N2O5S. The molecule has 1 heterocycles. The smallest absolute Gasteiger partial charge is 0.410 e. The zero-order valence-corrected chi connectivity index (χ0v) is 16.2. The van der Waals surface area contributed by atoms with Gasteiger partial charge in [0.25, 0.3) is 0 Å². The van der Waals surface area contributed by atoms with E-state index in [2.05, 4.69) is 17.9 Å². The maximum absolute atomic E-state index is 12.2. The number of hydrogen-bond acceptors (Lipinski definition) is 6. The van der Waals surface area contributed by atoms with E-state index in [-0.39, 0.29) is 19.6 Å². The van der Waals surface area contributed by atoms with Crippen molar-refractivity contribution in [2.75, 3.05) is 13.1 Å². The summed E-state index contributed by atoms with van der Waals surface area (Å²) in [5.74, 6) is 0. The van der Waals surface area contributed by atoms with Gasteiger partial charge in [-0.2, -0.15) is 12.6 Å². The molecule has 1 aliphatic heterocycles. The Hall–Kier alpha value is -1.93. The van der Waals surface area contributed by atoms with Crippen LogP contribution in [-0.4, -0.2) is 51.9 Å². The fraction of sp³-hybridized carbons (Fsp3) is 0.556. The highest BCUT2D eigenvalue weighted by atomic mass is 32.1. The van der Waals surface area contributed by atoms with E-state index in [0.717, 1.165) is 5.56 Å². The van der Waals surface area contributed by atoms with Crippen molar-refractivity contribution in [3.63, 3.8) is 0 Å². The monoisotopic (exact) mass is 382 g/mol. The van der Waals surface area contributed by atoms with Crippen LogP contribution in [0.1, 0.15) is 32.8 Å². The van der Waals surface area contributed by atoms with E-state index in [1.54, 1.807) is 20.8 Å². The summed E-state index contributed by atoms with van der Waals surface area (Å²) in [6.45, 7) is 5.73. The van der Waals surface area contributed by atoms with E-state index in [0.29, 0.717) is 6.54 Å². The summed E-state index contributed by atoms with van der Waals surface area (Å²) >= 11 is 4.28. The number of rotatable bonds is 4. The van der Waals surface area contributed by atoms with Crippen LogP contribution >= 0.6 is 12.6 Å². The fourth-order valence-electron chi connectivity index (χ4n) is 2.56. The Labute approximate surface area is 159 Å². The van der Waals surface area contributed by atoms with Crippen molar-refractivity contribution in [2.24, 2.45) is 0 Å². The van der Waals surface area contributed by atoms with Gasteiger partial charge in [-0.1, -0.05) is 30.3 Å². The number of ether oxygens (including phenoxy) is 2. The maximum atomic E-state index is 12.2. The zero-order valence-electron chi connectivity index (χ0n) is 15.3. The molecule has 2 amide bonds. The predicted molar refractivity (Wildman–Crippen MR) is 99.9 cm³/mol. The lowest BCUT2D eigenvalue weighted by molar-refractivity contribution is 0.0205. The minimum Gasteiger partial charge on any atom is -0.445 e. The average molecular weight is 382 g/mol. The number of carbonyl (C=O) groups excluding carboxylic acids is 2. The highest BCUT2D eigenvalue weighted by Gasteiger charge is 2.44. The van der Waals surface area contributed by atoms with Crippen LogP contribution in [0.2, 0.25) is 0 Å². The molecule has 2 atom stereocenters. The van der Waals surface area contributed by atoms with Gasteiger partial charge in [0.2, 0.25) is 0 Å². The number of aliphatic hydroxyl groups is 1. The molecule has 144 valence electrons. The largest absolute Gasteiger partial charge is 0.445 e. The first-order chi connectivity index (χ1) is 12.1. The van der Waals surface area contributed by atoms with E-state index in [9.17, 15) is 14.7 Å². The number of nitrogens with zero attached hydrogens (tertiary/aromatic N) is 1. The van der Waals surface area contributed by atoms with E-state index >= 15 is 0 Å². The molecule has 0 bridgehead atoms. The van der Waals surface area contributed by atoms with E-state index < -0.39 is 28.8 Å². The second kappa shape index (κ2) is 8.18. The highest BCUT2D eigenvalue weighted by Crippen LogP contribution is 2.27. The first-order valence-electron chi connectivity index (χ1n) is 8.45. The Morgan fingerprint density at radius 3 is 2.62 bits per heavy atom. The van der Waals surface area contributed by atoms with Gasteiger partial charge < -0.3 is 24.8 Å². The number of amides is 2. The van der Waals surface area contributed by atoms with Crippen LogP contribution in [0.15, 0.2) is 30.3 Å². The van der Waals surface area contributed by atoms with Crippen LogP contribution in [0.4, 0.5) is 9.59 Å². The molecule has 1 aromatic carbocycles. The number of β-amino-alcohol motifs (C(OH)–C–C–N with tert-alkyl or cyclic N) is 1. The first-order valence-corrected chi connectivity index (χ1v) is 8.96. The molecule has 1 saturated heterocycles. The molecule has 0 aromatic heterocycles. The third kappa shape index (κ3) is 5.81. The molecule has 0 saturated carbocycles. The molecule has 0 aliphatic carbocycles. The number of alkyl carbamates (subject to hydrolysis) is 1. The Morgan fingerprint density at radius 2 is 2.00 bits per heavy atom. The van der Waals surface area contributed by atoms with Gasteiger partial charge in [0.1, 0.15) is 23.2 Å². The van der Waals surface area contributed by atoms with Gasteiger partial charge in [-0.15, -0.1) is 0 Å². The van der Waals surface area contributed by atoms with Gasteiger partial charge >= 0.3 is 12.2 Å². The molecule has 26 heavy (non-hydrogen) atoms. The molecule has 2 unspecified atom stereocenters. The van der Waals surface area contributed by atoms with Gasteiger partial charge in [0.15, 0.2) is 0 Å². The molecule has 1 aliphatic rings. The Balaban J connectivity index is 1.85. The summed E-state index contributed by atoms with van der Waals surface area (Å²) in [4.78, 5) is 25.4.